The lowest BCUT2D eigenvalue weighted by atomic mass is 10.0. The van der Waals surface area contributed by atoms with Crippen LogP contribution >= 0.6 is 23.2 Å². The molecular weight excluding hydrogens is 1660 g/mol. The molecule has 19 heteroatoms. The average molecular weight is 1770 g/mol. The van der Waals surface area contributed by atoms with Crippen molar-refractivity contribution < 1.29 is 32.8 Å². The zero-order chi connectivity index (χ0) is 92.4. The van der Waals surface area contributed by atoms with Crippen LogP contribution in [0.4, 0.5) is 65.7 Å². The van der Waals surface area contributed by atoms with Gasteiger partial charge in [0.25, 0.3) is 0 Å². The van der Waals surface area contributed by atoms with Crippen LogP contribution in [-0.2, 0) is 32.1 Å². The summed E-state index contributed by atoms with van der Waals surface area (Å²) < 4.78 is 28.4. The van der Waals surface area contributed by atoms with Crippen LogP contribution in [-0.4, -0.2) is 87.6 Å². The van der Waals surface area contributed by atoms with Crippen molar-refractivity contribution in [3.05, 3.63) is 446 Å². The van der Waals surface area contributed by atoms with Gasteiger partial charge in [-0.1, -0.05) is 186 Å². The summed E-state index contributed by atoms with van der Waals surface area (Å²) in [6, 6.07) is 86.5. The predicted octanol–water partition coefficient (Wildman–Crippen LogP) is 26.1. The Labute approximate surface area is 771 Å². The van der Waals surface area contributed by atoms with Crippen LogP contribution in [0.1, 0.15) is 141 Å². The molecule has 10 aromatic carbocycles. The number of Topliss-reactive ketones (excluding diaryl/α,β-unsaturated/α-hetero) is 5. The van der Waals surface area contributed by atoms with Gasteiger partial charge in [-0.3, -0.25) is 48.9 Å². The van der Waals surface area contributed by atoms with Gasteiger partial charge in [0.2, 0.25) is 0 Å². The number of ketones is 5. The highest BCUT2D eigenvalue weighted by molar-refractivity contribution is 6.31. The number of hydrogen-bond donors (Lipinski definition) is 0. The third-order valence-corrected chi connectivity index (χ3v) is 21.7. The predicted molar refractivity (Wildman–Crippen MR) is 526 cm³/mol. The summed E-state index contributed by atoms with van der Waals surface area (Å²) in [4.78, 5) is 93.8. The molecule has 0 unspecified atom stereocenters. The monoisotopic (exact) mass is 1760 g/mol. The van der Waals surface area contributed by atoms with Gasteiger partial charge in [0, 0.05) is 159 Å². The number of hydrogen-bond acceptors (Lipinski definition) is 15. The molecule has 656 valence electrons. The van der Waals surface area contributed by atoms with Crippen LogP contribution in [0.5, 0.6) is 0 Å². The largest absolute Gasteiger partial charge is 0.343 e. The highest BCUT2D eigenvalue weighted by Crippen LogP contribution is 2.33. The molecule has 0 radical (unpaired) electrons. The van der Waals surface area contributed by atoms with Crippen LogP contribution in [0.2, 0.25) is 10.0 Å². The second-order valence-corrected chi connectivity index (χ2v) is 32.2. The first-order valence-corrected chi connectivity index (χ1v) is 43.7. The first-order valence-electron chi connectivity index (χ1n) is 43.0. The molecule has 5 heterocycles. The number of rotatable bonds is 30. The summed E-state index contributed by atoms with van der Waals surface area (Å²) in [7, 11) is 3.91. The summed E-state index contributed by atoms with van der Waals surface area (Å²) >= 11 is 12.0. The lowest BCUT2D eigenvalue weighted by molar-refractivity contribution is 0.0984. The summed E-state index contributed by atoms with van der Waals surface area (Å²) in [6.45, 7) is 16.4. The number of nitrogens with zero attached hydrogens (tertiary/aromatic N) is 10. The van der Waals surface area contributed by atoms with E-state index < -0.39 is 0 Å². The lowest BCUT2D eigenvalue weighted by Crippen LogP contribution is -2.18. The Morgan fingerprint density at radius 1 is 0.315 bits per heavy atom. The fourth-order valence-electron chi connectivity index (χ4n) is 14.6. The zero-order valence-electron chi connectivity index (χ0n) is 74.5. The molecule has 0 aliphatic carbocycles. The van der Waals surface area contributed by atoms with Gasteiger partial charge in [0.1, 0.15) is 11.6 Å². The van der Waals surface area contributed by atoms with E-state index in [1.54, 1.807) is 86.1 Å². The molecular formula is C111H104Cl2F2N10O5. The zero-order valence-corrected chi connectivity index (χ0v) is 76.0. The van der Waals surface area contributed by atoms with Gasteiger partial charge >= 0.3 is 0 Å². The van der Waals surface area contributed by atoms with E-state index in [-0.39, 0.29) is 53.4 Å². The van der Waals surface area contributed by atoms with E-state index in [4.69, 9.17) is 29.6 Å². The van der Waals surface area contributed by atoms with Gasteiger partial charge in [-0.15, -0.1) is 6.42 Å². The third-order valence-electron chi connectivity index (χ3n) is 21.3. The Morgan fingerprint density at radius 2 is 0.623 bits per heavy atom. The van der Waals surface area contributed by atoms with Crippen molar-refractivity contribution in [2.75, 3.05) is 58.2 Å². The highest BCUT2D eigenvalue weighted by Gasteiger charge is 2.20. The minimum Gasteiger partial charge on any atom is -0.343 e. The molecule has 15 rings (SSSR count). The second kappa shape index (κ2) is 48.3. The maximum atomic E-state index is 14.2. The van der Waals surface area contributed by atoms with E-state index >= 15 is 0 Å². The van der Waals surface area contributed by atoms with Crippen molar-refractivity contribution in [1.82, 2.24) is 24.9 Å². The van der Waals surface area contributed by atoms with Crippen molar-refractivity contribution in [3.63, 3.8) is 0 Å². The molecule has 0 atom stereocenters. The molecule has 0 saturated heterocycles. The smallest absolute Gasteiger partial charge is 0.167 e. The number of benzene rings is 10. The van der Waals surface area contributed by atoms with Crippen molar-refractivity contribution in [1.29, 1.82) is 0 Å². The number of carbonyl (C=O) groups excluding carboxylic acids is 5. The van der Waals surface area contributed by atoms with Crippen molar-refractivity contribution >= 4 is 109 Å². The third kappa shape index (κ3) is 28.7. The Kier molecular flexibility index (Phi) is 35.6. The molecule has 0 bridgehead atoms. The van der Waals surface area contributed by atoms with E-state index in [9.17, 15) is 32.8 Å². The molecule has 0 saturated carbocycles. The number of pyridine rings is 5. The fraction of sp³-hybridized carbons (Fsp3) is 0.171. The van der Waals surface area contributed by atoms with Crippen molar-refractivity contribution in [2.45, 2.75) is 93.4 Å². The topological polar surface area (TPSA) is 166 Å². The summed E-state index contributed by atoms with van der Waals surface area (Å²) in [6.07, 6.45) is 26.3. The molecule has 15 nitrogen and oxygen atoms in total. The number of halogens is 4. The van der Waals surface area contributed by atoms with Crippen LogP contribution in [0.3, 0.4) is 0 Å². The lowest BCUT2D eigenvalue weighted by Gasteiger charge is -2.25. The maximum Gasteiger partial charge on any atom is 0.167 e. The molecule has 0 aliphatic heterocycles. The van der Waals surface area contributed by atoms with Gasteiger partial charge < -0.3 is 24.5 Å². The number of carbonyl (C=O) groups is 5. The normalized spacial score (nSPS) is 10.5. The Bertz CT molecular complexity index is 6250. The fourth-order valence-corrected chi connectivity index (χ4v) is 15.0. The molecule has 0 N–H and O–H groups in total. The summed E-state index contributed by atoms with van der Waals surface area (Å²) in [5.74, 6) is 2.06. The average Bonchev–Trinajstić information content (AvgIpc) is 0.801. The minimum atomic E-state index is -0.380. The molecule has 0 spiro atoms. The SMILES string of the molecule is C#Cc1cccc(C(=O)Cc2cc(F)cc(N(CC)c3cccnc3)c2)c1.CCCCN(c1cccnc1)c1cccc(CC(=O)c2cccc(C)c2)c1.CCN(c1cccnc1)c1cc(F)cc(CC(=O)c2cccc(C)c2)c1.Cc1cccc(C(=O)Cc2cccc(N(C)c3cncc(Cl)c3)c2)c1.Cc1cccc(C(=O)Cc2cccc(N(C)c3cncc(Cl)c3)c2)c1. The number of anilines is 10. The van der Waals surface area contributed by atoms with Gasteiger partial charge in [0.15, 0.2) is 28.9 Å². The van der Waals surface area contributed by atoms with Crippen molar-refractivity contribution in [2.24, 2.45) is 0 Å². The number of unbranched alkanes of at least 4 members (excludes halogenated alkanes) is 1. The Morgan fingerprint density at radius 3 is 0.954 bits per heavy atom. The van der Waals surface area contributed by atoms with Crippen LogP contribution in [0, 0.1) is 51.7 Å². The number of terminal acetylenes is 1. The first-order chi connectivity index (χ1) is 62.9. The van der Waals surface area contributed by atoms with E-state index in [2.05, 4.69) is 60.9 Å². The van der Waals surface area contributed by atoms with Crippen LogP contribution in [0.15, 0.2) is 341 Å². The molecule has 5 aromatic heterocycles. The minimum absolute atomic E-state index is 0.0188. The van der Waals surface area contributed by atoms with Gasteiger partial charge in [-0.05, 0) is 234 Å². The Balaban J connectivity index is 0.000000157. The summed E-state index contributed by atoms with van der Waals surface area (Å²) in [5, 5.41) is 1.19. The molecule has 15 aromatic rings. The molecule has 0 aliphatic rings. The van der Waals surface area contributed by atoms with Crippen LogP contribution < -0.4 is 24.5 Å². The summed E-state index contributed by atoms with van der Waals surface area (Å²) in [5.41, 5.74) is 21.8. The van der Waals surface area contributed by atoms with Gasteiger partial charge in [0.05, 0.1) is 69.5 Å². The Hall–Kier alpha value is -14.7. The van der Waals surface area contributed by atoms with E-state index in [1.165, 1.54) is 24.3 Å². The number of aromatic nitrogens is 5. The van der Waals surface area contributed by atoms with Crippen molar-refractivity contribution in [3.8, 4) is 12.3 Å². The standard InChI is InChI=1S/C24H26N2O.C23H19FN2O.C22H21FN2O.2C21H19ClN2O/c1-3-4-14-26(23-12-7-13-25-18-23)22-11-6-9-20(16-22)17-24(27)21-10-5-8-19(2)15-21;1-3-17-7-5-8-19(11-17)23(27)14-18-12-20(24)15-22(13-18)26(4-2)21-9-6-10-25-16-21;1-3-25(20-8-5-9-24-15-20)21-12-17(11-19(23)14-21)13-22(26)18-7-4-6-16(2)10-18;2*1-15-5-3-7-17(9-15)21(25)11-16-6-4-8-19(10-16)24(2)20-12-18(22)13-23-14-20/h5-13,15-16,18H,3-4,14,17H2,1-2H3;1,5-13,15-16H,4,14H2,2H3;4-12,14-15H,3,13H2,1-2H3;2*3-10,12-14H,11H2,1-2H3. The molecule has 0 amide bonds. The number of aryl methyl sites for hydroxylation is 4. The molecule has 0 fully saturated rings. The van der Waals surface area contributed by atoms with Gasteiger partial charge in [-0.25, -0.2) is 8.78 Å². The van der Waals surface area contributed by atoms with Crippen LogP contribution in [0.25, 0.3) is 0 Å². The maximum absolute atomic E-state index is 14.2. The van der Waals surface area contributed by atoms with E-state index in [0.717, 1.165) is 121 Å². The highest BCUT2D eigenvalue weighted by atomic mass is 35.5. The molecule has 130 heavy (non-hydrogen) atoms. The van der Waals surface area contributed by atoms with E-state index in [0.29, 0.717) is 81.6 Å². The second-order valence-electron chi connectivity index (χ2n) is 31.3. The first kappa shape index (κ1) is 95.9. The quantitative estimate of drug-likeness (QED) is 0.0308. The van der Waals surface area contributed by atoms with Gasteiger partial charge in [-0.2, -0.15) is 0 Å². The van der Waals surface area contributed by atoms with E-state index in [1.807, 2.05) is 288 Å².